The van der Waals surface area contributed by atoms with Crippen molar-refractivity contribution in [3.63, 3.8) is 0 Å². The maximum atomic E-state index is 10.2. The van der Waals surface area contributed by atoms with E-state index in [0.29, 0.717) is 5.75 Å². The van der Waals surface area contributed by atoms with Gasteiger partial charge in [-0.2, -0.15) is 0 Å². The average Bonchev–Trinajstić information content (AvgIpc) is 1.82. The summed E-state index contributed by atoms with van der Waals surface area (Å²) in [6.45, 7) is 5.14. The van der Waals surface area contributed by atoms with E-state index in [-0.39, 0.29) is 5.25 Å². The van der Waals surface area contributed by atoms with Crippen LogP contribution >= 0.6 is 11.8 Å². The van der Waals surface area contributed by atoms with E-state index in [1.165, 1.54) is 11.8 Å². The zero-order chi connectivity index (χ0) is 7.28. The summed E-state index contributed by atoms with van der Waals surface area (Å²) < 4.78 is 0. The Kier molecular flexibility index (Phi) is 4.22. The smallest absolute Gasteiger partial charge is 0.316 e. The van der Waals surface area contributed by atoms with Gasteiger partial charge < -0.3 is 5.11 Å². The Bertz CT molecular complexity index is 112. The molecule has 2 nitrogen and oxygen atoms in total. The molecule has 0 bridgehead atoms. The highest BCUT2D eigenvalue weighted by Gasteiger charge is 2.08. The van der Waals surface area contributed by atoms with Gasteiger partial charge in [0.05, 0.1) is 5.25 Å². The largest absolute Gasteiger partial charge is 0.480 e. The van der Waals surface area contributed by atoms with Crippen molar-refractivity contribution in [3.8, 4) is 0 Å². The predicted octanol–water partition coefficient (Wildman–Crippen LogP) is 1.38. The summed E-state index contributed by atoms with van der Waals surface area (Å²) in [5, 5.41) is 8.04. The molecule has 0 radical (unpaired) electrons. The molecular formula is C6H10O2S. The molecule has 0 aliphatic heterocycles. The van der Waals surface area contributed by atoms with Crippen molar-refractivity contribution < 1.29 is 9.90 Å². The van der Waals surface area contributed by atoms with Gasteiger partial charge in [0.2, 0.25) is 0 Å². The van der Waals surface area contributed by atoms with Gasteiger partial charge in [-0.1, -0.05) is 6.08 Å². The molecule has 1 atom stereocenters. The normalized spacial score (nSPS) is 12.6. The number of thioether (sulfide) groups is 1. The molecule has 0 aromatic rings. The monoisotopic (exact) mass is 146 g/mol. The molecule has 0 spiro atoms. The Hall–Kier alpha value is -0.440. The van der Waals surface area contributed by atoms with E-state index in [1.54, 1.807) is 13.0 Å². The maximum Gasteiger partial charge on any atom is 0.316 e. The van der Waals surface area contributed by atoms with Crippen molar-refractivity contribution in [2.24, 2.45) is 0 Å². The first-order chi connectivity index (χ1) is 4.18. The highest BCUT2D eigenvalue weighted by atomic mass is 32.2. The van der Waals surface area contributed by atoms with Crippen molar-refractivity contribution >= 4 is 17.7 Å². The molecule has 0 rings (SSSR count). The standard InChI is InChI=1S/C6H10O2S/c1-3-4-9-5(2)6(7)8/h3,5H,1,4H2,2H3,(H,7,8)/t5-/m1/s1. The molecule has 52 valence electrons. The lowest BCUT2D eigenvalue weighted by Crippen LogP contribution is -2.11. The van der Waals surface area contributed by atoms with Crippen LogP contribution in [-0.4, -0.2) is 22.1 Å². The van der Waals surface area contributed by atoms with E-state index >= 15 is 0 Å². The van der Waals surface area contributed by atoms with Gasteiger partial charge in [-0.3, -0.25) is 4.79 Å². The van der Waals surface area contributed by atoms with Crippen molar-refractivity contribution in [2.45, 2.75) is 12.2 Å². The fourth-order valence-corrected chi connectivity index (χ4v) is 0.851. The Morgan fingerprint density at radius 1 is 2.00 bits per heavy atom. The summed E-state index contributed by atoms with van der Waals surface area (Å²) in [5.74, 6) is -0.0603. The molecule has 3 heteroatoms. The van der Waals surface area contributed by atoms with E-state index < -0.39 is 5.97 Å². The number of carboxylic acids is 1. The molecule has 0 saturated carbocycles. The molecule has 0 unspecified atom stereocenters. The van der Waals surface area contributed by atoms with Gasteiger partial charge >= 0.3 is 5.97 Å². The first-order valence-corrected chi connectivity index (χ1v) is 3.68. The quantitative estimate of drug-likeness (QED) is 0.609. The number of rotatable bonds is 4. The zero-order valence-corrected chi connectivity index (χ0v) is 6.15. The third kappa shape index (κ3) is 4.09. The van der Waals surface area contributed by atoms with E-state index in [9.17, 15) is 4.79 Å². The van der Waals surface area contributed by atoms with E-state index in [1.807, 2.05) is 0 Å². The summed E-state index contributed by atoms with van der Waals surface area (Å²) in [6, 6.07) is 0. The van der Waals surface area contributed by atoms with Gasteiger partial charge in [0, 0.05) is 5.75 Å². The third-order valence-corrected chi connectivity index (χ3v) is 1.94. The van der Waals surface area contributed by atoms with Crippen LogP contribution in [0.2, 0.25) is 0 Å². The molecule has 0 aromatic carbocycles. The second-order valence-electron chi connectivity index (χ2n) is 1.60. The lowest BCUT2D eigenvalue weighted by Gasteiger charge is -2.00. The molecule has 1 N–H and O–H groups in total. The van der Waals surface area contributed by atoms with Gasteiger partial charge in [-0.15, -0.1) is 18.3 Å². The summed E-state index contributed by atoms with van der Waals surface area (Å²) in [4.78, 5) is 10.2. The SMILES string of the molecule is C=CCS[C@H](C)C(=O)O. The number of carboxylic acid groups (broad SMARTS) is 1. The Morgan fingerprint density at radius 3 is 2.89 bits per heavy atom. The topological polar surface area (TPSA) is 37.3 Å². The summed E-state index contributed by atoms with van der Waals surface area (Å²) >= 11 is 1.37. The predicted molar refractivity (Wildman–Crippen MR) is 39.8 cm³/mol. The molecular weight excluding hydrogens is 136 g/mol. The van der Waals surface area contributed by atoms with Crippen LogP contribution in [0.3, 0.4) is 0 Å². The van der Waals surface area contributed by atoms with Crippen LogP contribution in [0.15, 0.2) is 12.7 Å². The van der Waals surface area contributed by atoms with Gasteiger partial charge in [-0.25, -0.2) is 0 Å². The molecule has 0 aliphatic rings. The van der Waals surface area contributed by atoms with Crippen molar-refractivity contribution in [1.29, 1.82) is 0 Å². The van der Waals surface area contributed by atoms with Crippen LogP contribution in [0.4, 0.5) is 0 Å². The van der Waals surface area contributed by atoms with Gasteiger partial charge in [0.25, 0.3) is 0 Å². The average molecular weight is 146 g/mol. The highest BCUT2D eigenvalue weighted by molar-refractivity contribution is 8.00. The third-order valence-electron chi connectivity index (χ3n) is 0.812. The summed E-state index contributed by atoms with van der Waals surface area (Å²) in [7, 11) is 0. The molecule has 0 saturated heterocycles. The number of hydrogen-bond acceptors (Lipinski definition) is 2. The lowest BCUT2D eigenvalue weighted by molar-refractivity contribution is -0.136. The van der Waals surface area contributed by atoms with E-state index in [0.717, 1.165) is 0 Å². The Balaban J connectivity index is 3.37. The maximum absolute atomic E-state index is 10.2. The number of hydrogen-bond donors (Lipinski definition) is 1. The van der Waals surface area contributed by atoms with Crippen LogP contribution in [-0.2, 0) is 4.79 Å². The van der Waals surface area contributed by atoms with Crippen LogP contribution in [0.1, 0.15) is 6.92 Å². The van der Waals surface area contributed by atoms with Gasteiger partial charge in [-0.05, 0) is 6.92 Å². The molecule has 0 heterocycles. The highest BCUT2D eigenvalue weighted by Crippen LogP contribution is 2.09. The van der Waals surface area contributed by atoms with Crippen LogP contribution in [0.5, 0.6) is 0 Å². The lowest BCUT2D eigenvalue weighted by atomic mass is 10.5. The molecule has 0 aromatic heterocycles. The fraction of sp³-hybridized carbons (Fsp3) is 0.500. The van der Waals surface area contributed by atoms with Gasteiger partial charge in [0.15, 0.2) is 0 Å². The molecule has 0 fully saturated rings. The first kappa shape index (κ1) is 8.56. The Morgan fingerprint density at radius 2 is 2.56 bits per heavy atom. The minimum atomic E-state index is -0.762. The van der Waals surface area contributed by atoms with Gasteiger partial charge in [0.1, 0.15) is 0 Å². The minimum absolute atomic E-state index is 0.317. The zero-order valence-electron chi connectivity index (χ0n) is 5.33. The molecule has 0 aliphatic carbocycles. The Labute approximate surface area is 59.0 Å². The first-order valence-electron chi connectivity index (χ1n) is 2.63. The second-order valence-corrected chi connectivity index (χ2v) is 2.98. The fourth-order valence-electron chi connectivity index (χ4n) is 0.284. The molecule has 0 amide bonds. The number of carbonyl (C=O) groups is 1. The van der Waals surface area contributed by atoms with Crippen LogP contribution in [0.25, 0.3) is 0 Å². The van der Waals surface area contributed by atoms with Crippen molar-refractivity contribution in [1.82, 2.24) is 0 Å². The molecule has 9 heavy (non-hydrogen) atoms. The summed E-state index contributed by atoms with van der Waals surface area (Å²) in [5.41, 5.74) is 0. The summed E-state index contributed by atoms with van der Waals surface area (Å²) in [6.07, 6.45) is 1.70. The minimum Gasteiger partial charge on any atom is -0.480 e. The van der Waals surface area contributed by atoms with Crippen LogP contribution in [0, 0.1) is 0 Å². The van der Waals surface area contributed by atoms with E-state index in [2.05, 4.69) is 6.58 Å². The van der Waals surface area contributed by atoms with Crippen LogP contribution < -0.4 is 0 Å². The van der Waals surface area contributed by atoms with Crippen molar-refractivity contribution in [3.05, 3.63) is 12.7 Å². The number of aliphatic carboxylic acids is 1. The van der Waals surface area contributed by atoms with E-state index in [4.69, 9.17) is 5.11 Å². The van der Waals surface area contributed by atoms with Crippen molar-refractivity contribution in [2.75, 3.05) is 5.75 Å². The second kappa shape index (κ2) is 4.44.